The summed E-state index contributed by atoms with van der Waals surface area (Å²) in [7, 11) is 0. The molecule has 108 valence electrons. The molecule has 3 nitrogen and oxygen atoms in total. The first-order valence-corrected chi connectivity index (χ1v) is 7.05. The molecule has 0 heterocycles. The Balaban J connectivity index is 4.18. The van der Waals surface area contributed by atoms with Crippen molar-refractivity contribution in [3.8, 4) is 0 Å². The highest BCUT2D eigenvalue weighted by Crippen LogP contribution is 2.24. The van der Waals surface area contributed by atoms with Gasteiger partial charge in [-0.2, -0.15) is 0 Å². The highest BCUT2D eigenvalue weighted by Gasteiger charge is 2.24. The van der Waals surface area contributed by atoms with Crippen molar-refractivity contribution in [2.45, 2.75) is 73.4 Å². The monoisotopic (exact) mass is 256 g/mol. The van der Waals surface area contributed by atoms with E-state index >= 15 is 0 Å². The van der Waals surface area contributed by atoms with E-state index in [4.69, 9.17) is 0 Å². The molecule has 3 heteroatoms. The number of amides is 1. The number of carbonyl (C=O) groups is 1. The van der Waals surface area contributed by atoms with E-state index in [-0.39, 0.29) is 22.9 Å². The molecule has 0 aromatic heterocycles. The summed E-state index contributed by atoms with van der Waals surface area (Å²) in [4.78, 5) is 12.0. The smallest absolute Gasteiger partial charge is 0.237 e. The van der Waals surface area contributed by atoms with Crippen LogP contribution in [0.1, 0.15) is 61.8 Å². The van der Waals surface area contributed by atoms with Gasteiger partial charge in [0.05, 0.1) is 6.04 Å². The van der Waals surface area contributed by atoms with Crippen LogP contribution in [0.15, 0.2) is 0 Å². The third-order valence-electron chi connectivity index (χ3n) is 3.95. The van der Waals surface area contributed by atoms with Gasteiger partial charge in [0.1, 0.15) is 0 Å². The molecule has 2 unspecified atom stereocenters. The SMILES string of the molecule is CCC(C)(C)NC(=O)C(C)NCC(C)C(C)(C)C. The average Bonchev–Trinajstić information content (AvgIpc) is 2.23. The summed E-state index contributed by atoms with van der Waals surface area (Å²) < 4.78 is 0. The van der Waals surface area contributed by atoms with Gasteiger partial charge in [0, 0.05) is 5.54 Å². The van der Waals surface area contributed by atoms with Crippen molar-refractivity contribution in [3.05, 3.63) is 0 Å². The standard InChI is InChI=1S/C15H32N2O/c1-9-15(7,8)17-13(18)12(3)16-10-11(2)14(4,5)6/h11-12,16H,9-10H2,1-8H3,(H,17,18). The Bertz CT molecular complexity index is 266. The van der Waals surface area contributed by atoms with Crippen molar-refractivity contribution >= 4 is 5.91 Å². The largest absolute Gasteiger partial charge is 0.350 e. The molecule has 2 N–H and O–H groups in total. The van der Waals surface area contributed by atoms with Crippen LogP contribution >= 0.6 is 0 Å². The lowest BCUT2D eigenvalue weighted by molar-refractivity contribution is -0.124. The van der Waals surface area contributed by atoms with E-state index in [9.17, 15) is 4.79 Å². The van der Waals surface area contributed by atoms with Gasteiger partial charge in [0.15, 0.2) is 0 Å². The van der Waals surface area contributed by atoms with Gasteiger partial charge >= 0.3 is 0 Å². The van der Waals surface area contributed by atoms with Crippen LogP contribution in [0.5, 0.6) is 0 Å². The van der Waals surface area contributed by atoms with Crippen LogP contribution in [0.25, 0.3) is 0 Å². The van der Waals surface area contributed by atoms with Gasteiger partial charge in [-0.3, -0.25) is 4.79 Å². The van der Waals surface area contributed by atoms with E-state index in [1.54, 1.807) is 0 Å². The molecule has 0 rings (SSSR count). The molecular weight excluding hydrogens is 224 g/mol. The van der Waals surface area contributed by atoms with Crippen molar-refractivity contribution in [3.63, 3.8) is 0 Å². The van der Waals surface area contributed by atoms with Crippen molar-refractivity contribution in [2.75, 3.05) is 6.54 Å². The van der Waals surface area contributed by atoms with E-state index in [2.05, 4.69) is 59.1 Å². The molecule has 0 saturated carbocycles. The Hall–Kier alpha value is -0.570. The van der Waals surface area contributed by atoms with Crippen molar-refractivity contribution in [1.29, 1.82) is 0 Å². The maximum absolute atomic E-state index is 12.0. The first-order chi connectivity index (χ1) is 7.99. The first kappa shape index (κ1) is 17.4. The Morgan fingerprint density at radius 3 is 2.00 bits per heavy atom. The first-order valence-electron chi connectivity index (χ1n) is 7.05. The molecule has 0 spiro atoms. The van der Waals surface area contributed by atoms with E-state index in [0.29, 0.717) is 5.92 Å². The second kappa shape index (κ2) is 6.55. The van der Waals surface area contributed by atoms with Crippen molar-refractivity contribution in [1.82, 2.24) is 10.6 Å². The van der Waals surface area contributed by atoms with Gasteiger partial charge in [-0.1, -0.05) is 34.6 Å². The minimum Gasteiger partial charge on any atom is -0.350 e. The van der Waals surface area contributed by atoms with Gasteiger partial charge in [0.25, 0.3) is 0 Å². The Labute approximate surface area is 113 Å². The summed E-state index contributed by atoms with van der Waals surface area (Å²) in [6, 6.07) is -0.138. The lowest BCUT2D eigenvalue weighted by atomic mass is 9.82. The molecule has 0 aromatic rings. The quantitative estimate of drug-likeness (QED) is 0.767. The number of carbonyl (C=O) groups excluding carboxylic acids is 1. The fraction of sp³-hybridized carbons (Fsp3) is 0.933. The number of rotatable bonds is 6. The third kappa shape index (κ3) is 6.39. The molecule has 2 atom stereocenters. The van der Waals surface area contributed by atoms with Crippen LogP contribution in [0.4, 0.5) is 0 Å². The van der Waals surface area contributed by atoms with Gasteiger partial charge < -0.3 is 10.6 Å². The van der Waals surface area contributed by atoms with E-state index in [1.165, 1.54) is 0 Å². The Morgan fingerprint density at radius 2 is 1.61 bits per heavy atom. The molecule has 18 heavy (non-hydrogen) atoms. The van der Waals surface area contributed by atoms with Gasteiger partial charge in [-0.05, 0) is 45.1 Å². The molecule has 0 saturated heterocycles. The fourth-order valence-corrected chi connectivity index (χ4v) is 1.28. The zero-order chi connectivity index (χ0) is 14.6. The highest BCUT2D eigenvalue weighted by molar-refractivity contribution is 5.81. The Morgan fingerprint density at radius 1 is 1.11 bits per heavy atom. The van der Waals surface area contributed by atoms with E-state index in [1.807, 2.05) is 6.92 Å². The minimum absolute atomic E-state index is 0.0861. The van der Waals surface area contributed by atoms with Crippen LogP contribution in [0.2, 0.25) is 0 Å². The molecule has 0 fully saturated rings. The van der Waals surface area contributed by atoms with Gasteiger partial charge in [0.2, 0.25) is 5.91 Å². The topological polar surface area (TPSA) is 41.1 Å². The normalized spacial score (nSPS) is 16.2. The maximum Gasteiger partial charge on any atom is 0.237 e. The lowest BCUT2D eigenvalue weighted by Gasteiger charge is -2.30. The molecule has 0 aliphatic heterocycles. The number of hydrogen-bond donors (Lipinski definition) is 2. The summed E-state index contributed by atoms with van der Waals surface area (Å²) in [6.07, 6.45) is 0.934. The third-order valence-corrected chi connectivity index (χ3v) is 3.95. The molecule has 0 aromatic carbocycles. The predicted molar refractivity (Wildman–Crippen MR) is 78.6 cm³/mol. The number of hydrogen-bond acceptors (Lipinski definition) is 2. The predicted octanol–water partition coefficient (Wildman–Crippen LogP) is 2.95. The van der Waals surface area contributed by atoms with Crippen molar-refractivity contribution in [2.24, 2.45) is 11.3 Å². The summed E-state index contributed by atoms with van der Waals surface area (Å²) >= 11 is 0. The summed E-state index contributed by atoms with van der Waals surface area (Å²) in [5, 5.41) is 6.39. The maximum atomic E-state index is 12.0. The molecule has 0 aliphatic rings. The molecule has 0 aliphatic carbocycles. The highest BCUT2D eigenvalue weighted by atomic mass is 16.2. The van der Waals surface area contributed by atoms with Crippen LogP contribution in [-0.2, 0) is 4.79 Å². The zero-order valence-electron chi connectivity index (χ0n) is 13.5. The zero-order valence-corrected chi connectivity index (χ0v) is 13.5. The second-order valence-electron chi connectivity index (χ2n) is 7.12. The van der Waals surface area contributed by atoms with Gasteiger partial charge in [-0.25, -0.2) is 0 Å². The van der Waals surface area contributed by atoms with E-state index < -0.39 is 0 Å². The summed E-state index contributed by atoms with van der Waals surface area (Å²) in [5.41, 5.74) is 0.147. The average molecular weight is 256 g/mol. The molecule has 0 radical (unpaired) electrons. The summed E-state index contributed by atoms with van der Waals surface area (Å²) in [5.74, 6) is 0.620. The van der Waals surface area contributed by atoms with Crippen molar-refractivity contribution < 1.29 is 4.79 Å². The molecule has 1 amide bonds. The van der Waals surface area contributed by atoms with Crippen LogP contribution in [0, 0.1) is 11.3 Å². The second-order valence-corrected chi connectivity index (χ2v) is 7.12. The number of nitrogens with one attached hydrogen (secondary N) is 2. The minimum atomic E-state index is -0.138. The Kier molecular flexibility index (Phi) is 6.35. The molecular formula is C15H32N2O. The summed E-state index contributed by atoms with van der Waals surface area (Å²) in [6.45, 7) is 17.9. The molecule has 0 bridgehead atoms. The van der Waals surface area contributed by atoms with Crippen LogP contribution in [-0.4, -0.2) is 24.0 Å². The fourth-order valence-electron chi connectivity index (χ4n) is 1.28. The lowest BCUT2D eigenvalue weighted by Crippen LogP contribution is -2.51. The van der Waals surface area contributed by atoms with E-state index in [0.717, 1.165) is 13.0 Å². The van der Waals surface area contributed by atoms with Crippen LogP contribution in [0.3, 0.4) is 0 Å². The van der Waals surface area contributed by atoms with Gasteiger partial charge in [-0.15, -0.1) is 0 Å². The van der Waals surface area contributed by atoms with Crippen LogP contribution < -0.4 is 10.6 Å².